The summed E-state index contributed by atoms with van der Waals surface area (Å²) in [5, 5.41) is 12.0. The van der Waals surface area contributed by atoms with Crippen molar-refractivity contribution in [3.8, 4) is 16.9 Å². The van der Waals surface area contributed by atoms with Crippen molar-refractivity contribution in [2.75, 3.05) is 13.1 Å². The third-order valence-corrected chi connectivity index (χ3v) is 6.12. The molecule has 2 aromatic carbocycles. The van der Waals surface area contributed by atoms with E-state index >= 15 is 0 Å². The van der Waals surface area contributed by atoms with Gasteiger partial charge >= 0.3 is 5.63 Å². The van der Waals surface area contributed by atoms with Gasteiger partial charge in [0.05, 0.1) is 11.1 Å². The molecule has 1 aliphatic heterocycles. The molecule has 1 fully saturated rings. The topological polar surface area (TPSA) is 53.7 Å². The van der Waals surface area contributed by atoms with Crippen molar-refractivity contribution in [3.05, 3.63) is 63.0 Å². The van der Waals surface area contributed by atoms with Gasteiger partial charge in [0.1, 0.15) is 11.3 Å². The van der Waals surface area contributed by atoms with Crippen LogP contribution in [0.1, 0.15) is 31.4 Å². The molecule has 4 rings (SSSR count). The molecule has 0 saturated carbocycles. The molecule has 0 aliphatic carbocycles. The van der Waals surface area contributed by atoms with Gasteiger partial charge in [-0.1, -0.05) is 37.6 Å². The summed E-state index contributed by atoms with van der Waals surface area (Å²) in [7, 11) is 0. The van der Waals surface area contributed by atoms with Gasteiger partial charge in [-0.3, -0.25) is 4.90 Å². The van der Waals surface area contributed by atoms with E-state index in [9.17, 15) is 9.90 Å². The lowest BCUT2D eigenvalue weighted by Gasteiger charge is -2.35. The van der Waals surface area contributed by atoms with Gasteiger partial charge in [0.25, 0.3) is 0 Å². The zero-order valence-corrected chi connectivity index (χ0v) is 17.8. The number of halogens is 1. The van der Waals surface area contributed by atoms with Crippen LogP contribution in [0, 0.1) is 18.8 Å². The molecule has 2 atom stereocenters. The van der Waals surface area contributed by atoms with Crippen molar-refractivity contribution in [1.29, 1.82) is 0 Å². The Kier molecular flexibility index (Phi) is 5.41. The lowest BCUT2D eigenvalue weighted by atomic mass is 9.91. The summed E-state index contributed by atoms with van der Waals surface area (Å²) >= 11 is 5.99. The van der Waals surface area contributed by atoms with E-state index in [1.54, 1.807) is 18.2 Å². The first-order valence-electron chi connectivity index (χ1n) is 10.1. The number of benzene rings is 2. The Balaban J connectivity index is 1.81. The van der Waals surface area contributed by atoms with Gasteiger partial charge in [-0.15, -0.1) is 0 Å². The lowest BCUT2D eigenvalue weighted by molar-refractivity contribution is 0.133. The van der Waals surface area contributed by atoms with E-state index in [2.05, 4.69) is 18.7 Å². The summed E-state index contributed by atoms with van der Waals surface area (Å²) < 4.78 is 5.79. The molecule has 4 nitrogen and oxygen atoms in total. The first-order valence-corrected chi connectivity index (χ1v) is 10.5. The van der Waals surface area contributed by atoms with E-state index in [1.165, 1.54) is 6.42 Å². The number of phenolic OH excluding ortho intramolecular Hbond substituents is 1. The molecular formula is C24H26ClNO3. The molecule has 1 aliphatic rings. The van der Waals surface area contributed by atoms with Gasteiger partial charge in [-0.25, -0.2) is 4.79 Å². The quantitative estimate of drug-likeness (QED) is 0.569. The highest BCUT2D eigenvalue weighted by molar-refractivity contribution is 6.30. The number of fused-ring (bicyclic) bond motifs is 1. The lowest BCUT2D eigenvalue weighted by Crippen LogP contribution is -2.38. The second-order valence-corrected chi connectivity index (χ2v) is 8.91. The Bertz CT molecular complexity index is 1090. The molecule has 152 valence electrons. The Labute approximate surface area is 175 Å². The van der Waals surface area contributed by atoms with Crippen molar-refractivity contribution >= 4 is 22.6 Å². The van der Waals surface area contributed by atoms with Gasteiger partial charge in [0, 0.05) is 30.0 Å². The number of aromatic hydroxyl groups is 1. The summed E-state index contributed by atoms with van der Waals surface area (Å²) in [4.78, 5) is 15.2. The fraction of sp³-hybridized carbons (Fsp3) is 0.375. The zero-order valence-electron chi connectivity index (χ0n) is 17.0. The number of aryl methyl sites for hydroxylation is 1. The molecule has 1 saturated heterocycles. The van der Waals surface area contributed by atoms with E-state index in [0.717, 1.165) is 29.6 Å². The van der Waals surface area contributed by atoms with E-state index in [1.807, 2.05) is 25.1 Å². The summed E-state index contributed by atoms with van der Waals surface area (Å²) in [5.74, 6) is 1.40. The zero-order chi connectivity index (χ0) is 20.7. The van der Waals surface area contributed by atoms with E-state index in [-0.39, 0.29) is 5.75 Å². The molecule has 2 heterocycles. The minimum absolute atomic E-state index is 0.171. The normalized spacial score (nSPS) is 20.3. The molecule has 5 heteroatoms. The van der Waals surface area contributed by atoms with Crippen LogP contribution < -0.4 is 5.63 Å². The Hall–Kier alpha value is -2.30. The number of hydrogen-bond acceptors (Lipinski definition) is 4. The highest BCUT2D eigenvalue weighted by Gasteiger charge is 2.24. The monoisotopic (exact) mass is 411 g/mol. The fourth-order valence-electron chi connectivity index (χ4n) is 4.71. The third-order valence-electron chi connectivity index (χ3n) is 5.87. The summed E-state index contributed by atoms with van der Waals surface area (Å²) in [5.41, 5.74) is 2.93. The van der Waals surface area contributed by atoms with E-state index in [0.29, 0.717) is 40.1 Å². The number of likely N-dealkylation sites (tertiary alicyclic amines) is 1. The maximum Gasteiger partial charge on any atom is 0.344 e. The number of piperidine rings is 1. The Morgan fingerprint density at radius 3 is 2.41 bits per heavy atom. The van der Waals surface area contributed by atoms with Gasteiger partial charge in [0.2, 0.25) is 0 Å². The average molecular weight is 412 g/mol. The van der Waals surface area contributed by atoms with Crippen LogP contribution in [0.15, 0.2) is 45.6 Å². The third kappa shape index (κ3) is 3.92. The van der Waals surface area contributed by atoms with E-state index in [4.69, 9.17) is 16.0 Å². The van der Waals surface area contributed by atoms with Crippen LogP contribution in [-0.2, 0) is 6.54 Å². The summed E-state index contributed by atoms with van der Waals surface area (Å²) in [6.45, 7) is 8.97. The molecule has 0 spiro atoms. The number of phenols is 1. The first kappa shape index (κ1) is 20.0. The fourth-order valence-corrected chi connectivity index (χ4v) is 4.84. The standard InChI is InChI=1S/C24H26ClNO3/c1-14-10-15(2)12-26(11-14)13-20-21(27)9-8-19-16(3)22(24(28)29-23(19)20)17-4-6-18(25)7-5-17/h4-9,14-15,27H,10-13H2,1-3H3. The average Bonchev–Trinajstić information content (AvgIpc) is 2.65. The number of hydrogen-bond donors (Lipinski definition) is 1. The summed E-state index contributed by atoms with van der Waals surface area (Å²) in [6.07, 6.45) is 1.22. The van der Waals surface area contributed by atoms with Crippen molar-refractivity contribution in [3.63, 3.8) is 0 Å². The van der Waals surface area contributed by atoms with Crippen LogP contribution in [0.2, 0.25) is 5.02 Å². The van der Waals surface area contributed by atoms with Crippen LogP contribution in [0.4, 0.5) is 0 Å². The minimum Gasteiger partial charge on any atom is -0.507 e. The predicted octanol–water partition coefficient (Wildman–Crippen LogP) is 5.61. The van der Waals surface area contributed by atoms with Crippen LogP contribution in [0.25, 0.3) is 22.1 Å². The van der Waals surface area contributed by atoms with Crippen molar-refractivity contribution in [1.82, 2.24) is 4.90 Å². The van der Waals surface area contributed by atoms with Crippen molar-refractivity contribution < 1.29 is 9.52 Å². The second-order valence-electron chi connectivity index (χ2n) is 8.48. The summed E-state index contributed by atoms with van der Waals surface area (Å²) in [6, 6.07) is 10.7. The Morgan fingerprint density at radius 1 is 1.10 bits per heavy atom. The van der Waals surface area contributed by atoms with Crippen molar-refractivity contribution in [2.45, 2.75) is 33.7 Å². The molecule has 0 bridgehead atoms. The molecular weight excluding hydrogens is 386 g/mol. The van der Waals surface area contributed by atoms with Crippen LogP contribution in [0.5, 0.6) is 5.75 Å². The van der Waals surface area contributed by atoms with Gasteiger partial charge in [-0.05, 0) is 60.6 Å². The van der Waals surface area contributed by atoms with Crippen molar-refractivity contribution in [2.24, 2.45) is 11.8 Å². The highest BCUT2D eigenvalue weighted by atomic mass is 35.5. The largest absolute Gasteiger partial charge is 0.507 e. The molecule has 3 aromatic rings. The van der Waals surface area contributed by atoms with Gasteiger partial charge in [-0.2, -0.15) is 0 Å². The number of nitrogens with zero attached hydrogens (tertiary/aromatic N) is 1. The van der Waals surface area contributed by atoms with Gasteiger partial charge < -0.3 is 9.52 Å². The second kappa shape index (κ2) is 7.85. The first-order chi connectivity index (χ1) is 13.8. The van der Waals surface area contributed by atoms with Gasteiger partial charge in [0.15, 0.2) is 0 Å². The number of rotatable bonds is 3. The molecule has 1 aromatic heterocycles. The Morgan fingerprint density at radius 2 is 1.76 bits per heavy atom. The van der Waals surface area contributed by atoms with E-state index < -0.39 is 5.63 Å². The van der Waals surface area contributed by atoms with Crippen LogP contribution in [0.3, 0.4) is 0 Å². The highest BCUT2D eigenvalue weighted by Crippen LogP contribution is 2.34. The SMILES string of the molecule is Cc1c(-c2ccc(Cl)cc2)c(=O)oc2c(CN3CC(C)CC(C)C3)c(O)ccc12. The molecule has 0 amide bonds. The maximum atomic E-state index is 12.9. The molecule has 0 radical (unpaired) electrons. The maximum absolute atomic E-state index is 12.9. The predicted molar refractivity (Wildman–Crippen MR) is 118 cm³/mol. The molecule has 29 heavy (non-hydrogen) atoms. The molecule has 2 unspecified atom stereocenters. The molecule has 1 N–H and O–H groups in total. The van der Waals surface area contributed by atoms with Crippen LogP contribution >= 0.6 is 11.6 Å². The minimum atomic E-state index is -0.399. The smallest absolute Gasteiger partial charge is 0.344 e. The van der Waals surface area contributed by atoms with Crippen LogP contribution in [-0.4, -0.2) is 23.1 Å².